The van der Waals surface area contributed by atoms with Crippen molar-refractivity contribution in [2.45, 2.75) is 6.10 Å². The number of pyridine rings is 2. The second-order valence-corrected chi connectivity index (χ2v) is 8.72. The van der Waals surface area contributed by atoms with E-state index in [1.165, 1.54) is 26.8 Å². The SMILES string of the molecule is Cn1nnc(-c2ccc(-c3cc(-c4ccc(-c5nnn(C)n5)nc4)c(N4C[C@H](CO)OC4=O)cc3F)cn2)n1. The average molecular weight is 529 g/mol. The van der Waals surface area contributed by atoms with Crippen LogP contribution in [0.5, 0.6) is 0 Å². The van der Waals surface area contributed by atoms with Crippen LogP contribution in [-0.4, -0.2) is 80.8 Å². The number of aliphatic hydroxyl groups excluding tert-OH is 1. The van der Waals surface area contributed by atoms with Crippen molar-refractivity contribution in [1.82, 2.24) is 50.4 Å². The fourth-order valence-corrected chi connectivity index (χ4v) is 4.20. The minimum absolute atomic E-state index is 0.0670. The van der Waals surface area contributed by atoms with Crippen molar-refractivity contribution >= 4 is 11.8 Å². The molecule has 1 atom stereocenters. The molecule has 0 spiro atoms. The topological polar surface area (TPSA) is 163 Å². The molecular formula is C24H20FN11O3. The summed E-state index contributed by atoms with van der Waals surface area (Å²) >= 11 is 0. The van der Waals surface area contributed by atoms with E-state index in [1.807, 2.05) is 0 Å². The van der Waals surface area contributed by atoms with Gasteiger partial charge in [-0.25, -0.2) is 9.18 Å². The summed E-state index contributed by atoms with van der Waals surface area (Å²) in [4.78, 5) is 25.4. The number of aryl methyl sites for hydroxylation is 2. The number of rotatable bonds is 6. The van der Waals surface area contributed by atoms with Gasteiger partial charge in [0, 0.05) is 34.6 Å². The van der Waals surface area contributed by atoms with Crippen LogP contribution < -0.4 is 4.90 Å². The zero-order valence-electron chi connectivity index (χ0n) is 20.7. The number of carbonyl (C=O) groups is 1. The fraction of sp³-hybridized carbons (Fsp3) is 0.208. The van der Waals surface area contributed by atoms with Gasteiger partial charge in [-0.1, -0.05) is 12.1 Å². The number of halogens is 1. The Morgan fingerprint density at radius 2 is 1.51 bits per heavy atom. The number of tetrazole rings is 2. The molecule has 14 nitrogen and oxygen atoms in total. The van der Waals surface area contributed by atoms with Gasteiger partial charge in [0.25, 0.3) is 0 Å². The molecule has 0 aliphatic carbocycles. The lowest BCUT2D eigenvalue weighted by molar-refractivity contribution is 0.0963. The molecule has 6 rings (SSSR count). The molecule has 5 heterocycles. The van der Waals surface area contributed by atoms with Crippen LogP contribution >= 0.6 is 0 Å². The Morgan fingerprint density at radius 3 is 1.97 bits per heavy atom. The molecule has 1 aliphatic rings. The van der Waals surface area contributed by atoms with E-state index in [1.54, 1.807) is 50.6 Å². The number of aliphatic hydroxyl groups is 1. The number of carbonyl (C=O) groups excluding carboxylic acids is 1. The summed E-state index contributed by atoms with van der Waals surface area (Å²) in [5.41, 5.74) is 3.13. The van der Waals surface area contributed by atoms with E-state index in [0.717, 1.165) is 0 Å². The van der Waals surface area contributed by atoms with Crippen LogP contribution in [0, 0.1) is 5.82 Å². The molecule has 5 aromatic rings. The highest BCUT2D eigenvalue weighted by Gasteiger charge is 2.34. The zero-order valence-corrected chi connectivity index (χ0v) is 20.7. The molecule has 1 N–H and O–H groups in total. The van der Waals surface area contributed by atoms with E-state index in [-0.39, 0.29) is 24.4 Å². The van der Waals surface area contributed by atoms with Gasteiger partial charge in [0.15, 0.2) is 0 Å². The molecule has 0 bridgehead atoms. The maximum absolute atomic E-state index is 15.6. The van der Waals surface area contributed by atoms with Crippen LogP contribution in [0.4, 0.5) is 14.9 Å². The van der Waals surface area contributed by atoms with Gasteiger partial charge < -0.3 is 9.84 Å². The van der Waals surface area contributed by atoms with E-state index in [0.29, 0.717) is 39.7 Å². The standard InChI is InChI=1S/C24H20FN11O3/c1-34-30-22(28-32-34)19-5-3-13(9-26-19)16-7-17(14-4-6-20(27-10-14)23-29-33-35(2)31-23)21(8-18(16)25)36-11-15(12-37)39-24(36)38/h3-10,15,37H,11-12H2,1-2H3/t15-/m1/s1. The van der Waals surface area contributed by atoms with Gasteiger partial charge in [-0.15, -0.1) is 20.4 Å². The molecule has 1 amide bonds. The second-order valence-electron chi connectivity index (χ2n) is 8.72. The Labute approximate surface area is 219 Å². The highest BCUT2D eigenvalue weighted by molar-refractivity contribution is 5.96. The Hall–Kier alpha value is -5.18. The second kappa shape index (κ2) is 9.60. The summed E-state index contributed by atoms with van der Waals surface area (Å²) in [5.74, 6) is 0.117. The number of aromatic nitrogens is 10. The Morgan fingerprint density at radius 1 is 0.923 bits per heavy atom. The summed E-state index contributed by atoms with van der Waals surface area (Å²) in [6, 6.07) is 9.75. The minimum Gasteiger partial charge on any atom is -0.441 e. The molecule has 39 heavy (non-hydrogen) atoms. The van der Waals surface area contributed by atoms with E-state index in [4.69, 9.17) is 4.74 Å². The van der Waals surface area contributed by atoms with Gasteiger partial charge >= 0.3 is 6.09 Å². The molecule has 0 radical (unpaired) electrons. The van der Waals surface area contributed by atoms with E-state index < -0.39 is 18.0 Å². The molecule has 0 unspecified atom stereocenters. The third-order valence-electron chi connectivity index (χ3n) is 6.08. The Kier molecular flexibility index (Phi) is 5.95. The summed E-state index contributed by atoms with van der Waals surface area (Å²) in [7, 11) is 3.30. The van der Waals surface area contributed by atoms with Crippen LogP contribution in [0.25, 0.3) is 45.3 Å². The van der Waals surface area contributed by atoms with Crippen LogP contribution in [0.3, 0.4) is 0 Å². The number of ether oxygens (including phenoxy) is 1. The first-order valence-corrected chi connectivity index (χ1v) is 11.7. The van der Waals surface area contributed by atoms with Crippen molar-refractivity contribution in [3.05, 3.63) is 54.6 Å². The molecule has 15 heteroatoms. The molecule has 1 aromatic carbocycles. The number of hydrogen-bond donors (Lipinski definition) is 1. The van der Waals surface area contributed by atoms with Crippen molar-refractivity contribution in [3.63, 3.8) is 0 Å². The number of hydrogen-bond acceptors (Lipinski definition) is 11. The molecule has 1 saturated heterocycles. The number of nitrogens with zero attached hydrogens (tertiary/aromatic N) is 11. The lowest BCUT2D eigenvalue weighted by Crippen LogP contribution is -2.26. The first-order valence-electron chi connectivity index (χ1n) is 11.7. The number of anilines is 1. The molecule has 1 aliphatic heterocycles. The van der Waals surface area contributed by atoms with Crippen molar-refractivity contribution in [3.8, 4) is 45.3 Å². The highest BCUT2D eigenvalue weighted by Crippen LogP contribution is 2.38. The quantitative estimate of drug-likeness (QED) is 0.340. The number of cyclic esters (lactones) is 1. The maximum Gasteiger partial charge on any atom is 0.414 e. The normalized spacial score (nSPS) is 15.1. The minimum atomic E-state index is -0.720. The highest BCUT2D eigenvalue weighted by atomic mass is 19.1. The smallest absolute Gasteiger partial charge is 0.414 e. The molecule has 1 fully saturated rings. The van der Waals surface area contributed by atoms with E-state index in [2.05, 4.69) is 40.8 Å². The summed E-state index contributed by atoms with van der Waals surface area (Å²) < 4.78 is 20.8. The predicted octanol–water partition coefficient (Wildman–Crippen LogP) is 1.65. The first-order chi connectivity index (χ1) is 18.9. The lowest BCUT2D eigenvalue weighted by Gasteiger charge is -2.20. The number of amides is 1. The largest absolute Gasteiger partial charge is 0.441 e. The lowest BCUT2D eigenvalue weighted by atomic mass is 9.97. The average Bonchev–Trinajstić information content (AvgIpc) is 3.68. The zero-order chi connectivity index (χ0) is 27.1. The summed E-state index contributed by atoms with van der Waals surface area (Å²) in [5, 5.41) is 33.3. The monoisotopic (exact) mass is 529 g/mol. The van der Waals surface area contributed by atoms with Gasteiger partial charge in [-0.05, 0) is 34.7 Å². The van der Waals surface area contributed by atoms with Crippen molar-refractivity contribution in [2.75, 3.05) is 18.1 Å². The van der Waals surface area contributed by atoms with Gasteiger partial charge in [0.05, 0.1) is 32.9 Å². The van der Waals surface area contributed by atoms with Crippen molar-refractivity contribution in [2.24, 2.45) is 14.1 Å². The van der Waals surface area contributed by atoms with Gasteiger partial charge in [0.1, 0.15) is 23.3 Å². The van der Waals surface area contributed by atoms with E-state index >= 15 is 4.39 Å². The summed E-state index contributed by atoms with van der Waals surface area (Å²) in [6.07, 6.45) is 1.69. The van der Waals surface area contributed by atoms with Crippen LogP contribution in [0.2, 0.25) is 0 Å². The van der Waals surface area contributed by atoms with E-state index in [9.17, 15) is 9.90 Å². The van der Waals surface area contributed by atoms with Crippen LogP contribution in [-0.2, 0) is 18.8 Å². The van der Waals surface area contributed by atoms with Crippen molar-refractivity contribution < 1.29 is 19.0 Å². The Balaban J connectivity index is 1.43. The maximum atomic E-state index is 15.6. The summed E-state index contributed by atoms with van der Waals surface area (Å²) in [6.45, 7) is -0.282. The molecule has 196 valence electrons. The van der Waals surface area contributed by atoms with Gasteiger partial charge in [-0.2, -0.15) is 9.59 Å². The van der Waals surface area contributed by atoms with Gasteiger partial charge in [-0.3, -0.25) is 14.9 Å². The number of benzene rings is 1. The predicted molar refractivity (Wildman–Crippen MR) is 133 cm³/mol. The molecule has 0 saturated carbocycles. The fourth-order valence-electron chi connectivity index (χ4n) is 4.20. The van der Waals surface area contributed by atoms with Gasteiger partial charge in [0.2, 0.25) is 11.6 Å². The van der Waals surface area contributed by atoms with Crippen LogP contribution in [0.1, 0.15) is 0 Å². The Bertz CT molecular complexity index is 1670. The first kappa shape index (κ1) is 24.2. The van der Waals surface area contributed by atoms with Crippen LogP contribution in [0.15, 0.2) is 48.8 Å². The molecule has 4 aromatic heterocycles. The van der Waals surface area contributed by atoms with Crippen molar-refractivity contribution in [1.29, 1.82) is 0 Å². The molecular weight excluding hydrogens is 509 g/mol. The third kappa shape index (κ3) is 4.54. The third-order valence-corrected chi connectivity index (χ3v) is 6.08.